The van der Waals surface area contributed by atoms with E-state index in [0.717, 1.165) is 12.1 Å². The van der Waals surface area contributed by atoms with E-state index < -0.39 is 34.5 Å². The minimum absolute atomic E-state index is 0. The maximum atomic E-state index is 10.9. The van der Waals surface area contributed by atoms with Crippen molar-refractivity contribution < 1.29 is 25.9 Å². The van der Waals surface area contributed by atoms with Crippen LogP contribution in [0.5, 0.6) is 0 Å². The van der Waals surface area contributed by atoms with Crippen molar-refractivity contribution in [3.8, 4) is 0 Å². The molecule has 0 aliphatic heterocycles. The van der Waals surface area contributed by atoms with Gasteiger partial charge < -0.3 is 0 Å². The molecule has 0 aliphatic rings. The van der Waals surface area contributed by atoms with Crippen molar-refractivity contribution in [1.82, 2.24) is 0 Å². The number of halogens is 2. The Hall–Kier alpha value is 1.81. The van der Waals surface area contributed by atoms with Crippen molar-refractivity contribution in [3.05, 3.63) is 21.6 Å². The predicted octanol–water partition coefficient (Wildman–Crippen LogP) is 0.299. The van der Waals surface area contributed by atoms with E-state index in [2.05, 4.69) is 15.9 Å². The fraction of sp³-hybridized carbons (Fsp3) is 0. The van der Waals surface area contributed by atoms with Gasteiger partial charge >= 0.3 is 59.1 Å². The van der Waals surface area contributed by atoms with Crippen molar-refractivity contribution >= 4 is 107 Å². The monoisotopic (exact) mass is 398 g/mol. The summed E-state index contributed by atoms with van der Waals surface area (Å²) in [6.07, 6.45) is 0. The topological polar surface area (TPSA) is 109 Å². The quantitative estimate of drug-likeness (QED) is 0.547. The van der Waals surface area contributed by atoms with E-state index in [1.54, 1.807) is 0 Å². The molecule has 0 saturated heterocycles. The molecule has 2 N–H and O–H groups in total. The van der Waals surface area contributed by atoms with Gasteiger partial charge in [0, 0.05) is 5.02 Å². The molecule has 6 nitrogen and oxygen atoms in total. The third-order valence-corrected chi connectivity index (χ3v) is 4.88. The molecule has 0 unspecified atom stereocenters. The Morgan fingerprint density at radius 2 is 1.22 bits per heavy atom. The van der Waals surface area contributed by atoms with Gasteiger partial charge in [-0.05, 0) is 28.1 Å². The second-order valence-electron chi connectivity index (χ2n) is 2.67. The summed E-state index contributed by atoms with van der Waals surface area (Å²) in [7, 11) is -9.29. The standard InChI is InChI=1S/C6H4BrClO6S2.2Na.2H/c7-6-4(15(9,10)11)1-3(8)2-5(6)16(12,13)14;;;;/h1-2H,(H,9,10,11)(H,12,13,14);;;;. The Morgan fingerprint density at radius 1 is 0.944 bits per heavy atom. The normalized spacial score (nSPS) is 11.3. The van der Waals surface area contributed by atoms with Crippen LogP contribution in [0.3, 0.4) is 0 Å². The van der Waals surface area contributed by atoms with E-state index in [1.165, 1.54) is 0 Å². The summed E-state index contributed by atoms with van der Waals surface area (Å²) in [5.74, 6) is 0. The van der Waals surface area contributed by atoms with Gasteiger partial charge in [0.05, 0.1) is 4.47 Å². The fourth-order valence-corrected chi connectivity index (χ4v) is 4.01. The van der Waals surface area contributed by atoms with Crippen molar-refractivity contribution in [2.75, 3.05) is 0 Å². The molecule has 0 fully saturated rings. The van der Waals surface area contributed by atoms with Gasteiger partial charge in [0.15, 0.2) is 0 Å². The van der Waals surface area contributed by atoms with Crippen LogP contribution in [0.25, 0.3) is 0 Å². The molecule has 0 atom stereocenters. The molecule has 0 heterocycles. The third-order valence-electron chi connectivity index (χ3n) is 1.53. The first kappa shape index (κ1) is 22.1. The van der Waals surface area contributed by atoms with Gasteiger partial charge in [0.25, 0.3) is 20.2 Å². The minimum atomic E-state index is -4.65. The van der Waals surface area contributed by atoms with Gasteiger partial charge in [0.1, 0.15) is 9.79 Å². The van der Waals surface area contributed by atoms with Crippen molar-refractivity contribution in [2.45, 2.75) is 9.79 Å². The first-order valence-electron chi connectivity index (χ1n) is 3.47. The van der Waals surface area contributed by atoms with Crippen LogP contribution in [0.2, 0.25) is 5.02 Å². The maximum absolute atomic E-state index is 10.9. The van der Waals surface area contributed by atoms with Crippen LogP contribution in [-0.4, -0.2) is 85.1 Å². The van der Waals surface area contributed by atoms with Crippen LogP contribution in [0.1, 0.15) is 0 Å². The summed E-state index contributed by atoms with van der Waals surface area (Å²) < 4.78 is 60.6. The van der Waals surface area contributed by atoms with Gasteiger partial charge in [-0.3, -0.25) is 9.11 Å². The molecule has 0 amide bonds. The Labute approximate surface area is 162 Å². The summed E-state index contributed by atoms with van der Waals surface area (Å²) in [6.45, 7) is 0. The van der Waals surface area contributed by atoms with E-state index in [1.807, 2.05) is 0 Å². The molecule has 0 saturated carbocycles. The van der Waals surface area contributed by atoms with Crippen LogP contribution >= 0.6 is 27.5 Å². The van der Waals surface area contributed by atoms with Crippen LogP contribution in [0, 0.1) is 0 Å². The van der Waals surface area contributed by atoms with Crippen molar-refractivity contribution in [2.24, 2.45) is 0 Å². The molecule has 12 heteroatoms. The molecule has 0 radical (unpaired) electrons. The summed E-state index contributed by atoms with van der Waals surface area (Å²) in [4.78, 5) is -1.49. The number of benzene rings is 1. The Morgan fingerprint density at radius 3 is 1.44 bits per heavy atom. The Kier molecular flexibility index (Phi) is 9.47. The van der Waals surface area contributed by atoms with Crippen molar-refractivity contribution in [1.29, 1.82) is 0 Å². The van der Waals surface area contributed by atoms with Gasteiger partial charge in [-0.2, -0.15) is 16.8 Å². The molecular formula is C6H6BrClNa2O6S2. The van der Waals surface area contributed by atoms with Gasteiger partial charge in [-0.15, -0.1) is 0 Å². The van der Waals surface area contributed by atoms with Gasteiger partial charge in [-0.1, -0.05) is 11.6 Å². The molecule has 0 aromatic heterocycles. The first-order valence-corrected chi connectivity index (χ1v) is 7.52. The molecule has 94 valence electrons. The number of rotatable bonds is 2. The molecule has 18 heavy (non-hydrogen) atoms. The first-order chi connectivity index (χ1) is 7.03. The van der Waals surface area contributed by atoms with E-state index in [4.69, 9.17) is 20.7 Å². The summed E-state index contributed by atoms with van der Waals surface area (Å²) in [5.41, 5.74) is 0. The van der Waals surface area contributed by atoms with Crippen LogP contribution in [-0.2, 0) is 20.2 Å². The zero-order chi connectivity index (χ0) is 12.7. The number of hydrogen-bond acceptors (Lipinski definition) is 4. The Bertz CT molecular complexity index is 591. The van der Waals surface area contributed by atoms with Crippen molar-refractivity contribution in [3.63, 3.8) is 0 Å². The molecular weight excluding hydrogens is 394 g/mol. The van der Waals surface area contributed by atoms with E-state index in [9.17, 15) is 16.8 Å². The molecule has 0 aliphatic carbocycles. The zero-order valence-electron chi connectivity index (χ0n) is 7.25. The van der Waals surface area contributed by atoms with Crippen LogP contribution in [0.4, 0.5) is 0 Å². The molecule has 1 aromatic rings. The predicted molar refractivity (Wildman–Crippen MR) is 73.1 cm³/mol. The molecule has 0 spiro atoms. The van der Waals surface area contributed by atoms with E-state index in [-0.39, 0.29) is 64.1 Å². The average Bonchev–Trinajstić information content (AvgIpc) is 2.04. The van der Waals surface area contributed by atoms with Gasteiger partial charge in [0.2, 0.25) is 0 Å². The van der Waals surface area contributed by atoms with Crippen LogP contribution < -0.4 is 0 Å². The van der Waals surface area contributed by atoms with Crippen LogP contribution in [0.15, 0.2) is 26.4 Å². The fourth-order valence-electron chi connectivity index (χ4n) is 0.916. The molecule has 1 aromatic carbocycles. The molecule has 0 bridgehead atoms. The second-order valence-corrected chi connectivity index (χ2v) is 6.68. The number of hydrogen-bond donors (Lipinski definition) is 2. The second kappa shape index (κ2) is 7.71. The molecule has 1 rings (SSSR count). The summed E-state index contributed by atoms with van der Waals surface area (Å²) in [6, 6.07) is 1.69. The summed E-state index contributed by atoms with van der Waals surface area (Å²) >= 11 is 8.11. The average molecular weight is 400 g/mol. The Balaban J connectivity index is 0. The SMILES string of the molecule is O=S(=O)(O)c1cc(Cl)cc(S(=O)(=O)O)c1Br.[NaH].[NaH]. The van der Waals surface area contributed by atoms with E-state index in [0.29, 0.717) is 0 Å². The zero-order valence-corrected chi connectivity index (χ0v) is 11.2. The van der Waals surface area contributed by atoms with E-state index >= 15 is 0 Å². The van der Waals surface area contributed by atoms with Gasteiger partial charge in [-0.25, -0.2) is 0 Å². The third kappa shape index (κ3) is 5.66. The summed E-state index contributed by atoms with van der Waals surface area (Å²) in [5, 5.41) is -0.261.